The third kappa shape index (κ3) is 6.41. The molecule has 0 radical (unpaired) electrons. The number of halogens is 2. The maximum absolute atomic E-state index is 12.3. The highest BCUT2D eigenvalue weighted by Gasteiger charge is 2.16. The first-order valence-corrected chi connectivity index (χ1v) is 8.91. The molecule has 5 nitrogen and oxygen atoms in total. The Hall–Kier alpha value is -1.95. The molecule has 0 saturated carbocycles. The topological polar surface area (TPSA) is 50.8 Å². The number of nitrogens with one attached hydrogen (secondary N) is 1. The average Bonchev–Trinajstić information content (AvgIpc) is 2.58. The van der Waals surface area contributed by atoms with E-state index < -0.39 is 6.10 Å². The summed E-state index contributed by atoms with van der Waals surface area (Å²) < 4.78 is 11.2. The maximum atomic E-state index is 12.3. The summed E-state index contributed by atoms with van der Waals surface area (Å²) in [6, 6.07) is 12.0. The van der Waals surface area contributed by atoms with Crippen molar-refractivity contribution in [3.8, 4) is 11.5 Å². The highest BCUT2D eigenvalue weighted by molar-refractivity contribution is 6.35. The molecule has 0 aliphatic heterocycles. The van der Waals surface area contributed by atoms with Crippen LogP contribution in [0.3, 0.4) is 0 Å². The summed E-state index contributed by atoms with van der Waals surface area (Å²) in [7, 11) is 3.98. The van der Waals surface area contributed by atoms with E-state index in [0.717, 1.165) is 12.3 Å². The van der Waals surface area contributed by atoms with Crippen molar-refractivity contribution in [3.05, 3.63) is 52.5 Å². The lowest BCUT2D eigenvalue weighted by molar-refractivity contribution is -0.122. The Bertz CT molecular complexity index is 736. The molecule has 2 rings (SSSR count). The average molecular weight is 397 g/mol. The van der Waals surface area contributed by atoms with Gasteiger partial charge in [-0.1, -0.05) is 23.2 Å². The number of ether oxygens (including phenoxy) is 2. The second-order valence-corrected chi connectivity index (χ2v) is 6.84. The minimum atomic E-state index is -0.718. The number of hydrogen-bond acceptors (Lipinski definition) is 4. The van der Waals surface area contributed by atoms with Gasteiger partial charge in [-0.25, -0.2) is 0 Å². The molecule has 1 unspecified atom stereocenters. The summed E-state index contributed by atoms with van der Waals surface area (Å²) >= 11 is 11.9. The van der Waals surface area contributed by atoms with Gasteiger partial charge in [0.05, 0.1) is 5.02 Å². The first-order valence-electron chi connectivity index (χ1n) is 8.15. The fourth-order valence-corrected chi connectivity index (χ4v) is 2.49. The second-order valence-electron chi connectivity index (χ2n) is 6.00. The number of hydrogen-bond donors (Lipinski definition) is 1. The lowest BCUT2D eigenvalue weighted by Crippen LogP contribution is -2.30. The van der Waals surface area contributed by atoms with Crippen LogP contribution in [0.15, 0.2) is 42.5 Å². The number of anilines is 1. The van der Waals surface area contributed by atoms with E-state index in [1.54, 1.807) is 37.3 Å². The van der Waals surface area contributed by atoms with Crippen LogP contribution in [0.2, 0.25) is 10.0 Å². The third-order valence-electron chi connectivity index (χ3n) is 3.50. The van der Waals surface area contributed by atoms with Crippen molar-refractivity contribution in [3.63, 3.8) is 0 Å². The zero-order valence-electron chi connectivity index (χ0n) is 15.0. The van der Waals surface area contributed by atoms with Crippen molar-refractivity contribution < 1.29 is 14.3 Å². The molecule has 2 aromatic rings. The number of likely N-dealkylation sites (N-methyl/N-ethyl adjacent to an activating group) is 1. The quantitative estimate of drug-likeness (QED) is 0.720. The minimum Gasteiger partial charge on any atom is -0.492 e. The van der Waals surface area contributed by atoms with Gasteiger partial charge in [0.1, 0.15) is 18.1 Å². The Morgan fingerprint density at radius 1 is 1.15 bits per heavy atom. The van der Waals surface area contributed by atoms with Crippen LogP contribution in [0, 0.1) is 0 Å². The number of carbonyl (C=O) groups excluding carboxylic acids is 1. The van der Waals surface area contributed by atoms with Crippen LogP contribution in [0.4, 0.5) is 5.69 Å². The molecule has 7 heteroatoms. The van der Waals surface area contributed by atoms with Gasteiger partial charge >= 0.3 is 0 Å². The fourth-order valence-electron chi connectivity index (χ4n) is 2.04. The van der Waals surface area contributed by atoms with Crippen LogP contribution < -0.4 is 14.8 Å². The predicted molar refractivity (Wildman–Crippen MR) is 106 cm³/mol. The maximum Gasteiger partial charge on any atom is 0.265 e. The van der Waals surface area contributed by atoms with Crippen molar-refractivity contribution in [2.45, 2.75) is 13.0 Å². The number of nitrogens with zero attached hydrogens (tertiary/aromatic N) is 1. The number of benzene rings is 2. The molecule has 0 heterocycles. The minimum absolute atomic E-state index is 0.280. The Morgan fingerprint density at radius 2 is 1.85 bits per heavy atom. The molecule has 0 spiro atoms. The van der Waals surface area contributed by atoms with Crippen LogP contribution in [0.25, 0.3) is 0 Å². The van der Waals surface area contributed by atoms with E-state index in [0.29, 0.717) is 28.1 Å². The van der Waals surface area contributed by atoms with Crippen molar-refractivity contribution >= 4 is 34.8 Å². The summed E-state index contributed by atoms with van der Waals surface area (Å²) in [5.41, 5.74) is 0.660. The summed E-state index contributed by atoms with van der Waals surface area (Å²) in [6.07, 6.45) is -0.718. The Morgan fingerprint density at radius 3 is 2.46 bits per heavy atom. The monoisotopic (exact) mass is 396 g/mol. The van der Waals surface area contributed by atoms with Gasteiger partial charge in [-0.15, -0.1) is 0 Å². The first-order chi connectivity index (χ1) is 12.3. The molecule has 0 aliphatic carbocycles. The Balaban J connectivity index is 1.88. The van der Waals surface area contributed by atoms with Crippen LogP contribution in [-0.2, 0) is 4.79 Å². The van der Waals surface area contributed by atoms with Crippen LogP contribution in [-0.4, -0.2) is 44.2 Å². The van der Waals surface area contributed by atoms with Gasteiger partial charge in [-0.3, -0.25) is 4.79 Å². The number of carbonyl (C=O) groups is 1. The highest BCUT2D eigenvalue weighted by Crippen LogP contribution is 2.28. The molecular formula is C19H22Cl2N2O3. The smallest absolute Gasteiger partial charge is 0.265 e. The van der Waals surface area contributed by atoms with Crippen LogP contribution >= 0.6 is 23.2 Å². The Labute approximate surface area is 163 Å². The molecule has 26 heavy (non-hydrogen) atoms. The second kappa shape index (κ2) is 9.67. The lowest BCUT2D eigenvalue weighted by atomic mass is 10.2. The summed E-state index contributed by atoms with van der Waals surface area (Å²) in [6.45, 7) is 3.09. The van der Waals surface area contributed by atoms with Gasteiger partial charge in [0.15, 0.2) is 6.10 Å². The van der Waals surface area contributed by atoms with Gasteiger partial charge in [0.2, 0.25) is 0 Å². The largest absolute Gasteiger partial charge is 0.492 e. The summed E-state index contributed by atoms with van der Waals surface area (Å²) in [5, 5.41) is 3.66. The van der Waals surface area contributed by atoms with Gasteiger partial charge in [-0.05, 0) is 63.5 Å². The molecule has 2 aromatic carbocycles. The standard InChI is InChI=1S/C19H22Cl2N2O3/c1-13(26-18-9-4-14(20)12-17(18)21)19(24)22-15-5-7-16(8-6-15)25-11-10-23(2)3/h4-9,12-13H,10-11H2,1-3H3,(H,22,24). The lowest BCUT2D eigenvalue weighted by Gasteiger charge is -2.16. The predicted octanol–water partition coefficient (Wildman–Crippen LogP) is 4.34. The van der Waals surface area contributed by atoms with Crippen LogP contribution in [0.1, 0.15) is 6.92 Å². The molecule has 140 valence electrons. The van der Waals surface area contributed by atoms with Crippen LogP contribution in [0.5, 0.6) is 11.5 Å². The highest BCUT2D eigenvalue weighted by atomic mass is 35.5. The molecule has 0 saturated heterocycles. The van der Waals surface area contributed by atoms with E-state index in [2.05, 4.69) is 5.32 Å². The summed E-state index contributed by atoms with van der Waals surface area (Å²) in [4.78, 5) is 14.3. The zero-order valence-corrected chi connectivity index (χ0v) is 16.5. The molecule has 1 amide bonds. The molecule has 0 aromatic heterocycles. The molecule has 1 atom stereocenters. The fraction of sp³-hybridized carbons (Fsp3) is 0.316. The van der Waals surface area contributed by atoms with E-state index >= 15 is 0 Å². The first kappa shape index (κ1) is 20.4. The normalized spacial score (nSPS) is 11.9. The van der Waals surface area contributed by atoms with E-state index in [1.807, 2.05) is 31.1 Å². The third-order valence-corrected chi connectivity index (χ3v) is 4.03. The zero-order chi connectivity index (χ0) is 19.1. The van der Waals surface area contributed by atoms with Gasteiger partial charge in [-0.2, -0.15) is 0 Å². The van der Waals surface area contributed by atoms with E-state index in [9.17, 15) is 4.79 Å². The van der Waals surface area contributed by atoms with Crippen molar-refractivity contribution in [1.82, 2.24) is 4.90 Å². The van der Waals surface area contributed by atoms with Gasteiger partial charge in [0, 0.05) is 17.3 Å². The van der Waals surface area contributed by atoms with Gasteiger partial charge in [0.25, 0.3) is 5.91 Å². The molecular weight excluding hydrogens is 375 g/mol. The molecule has 0 fully saturated rings. The molecule has 1 N–H and O–H groups in total. The van der Waals surface area contributed by atoms with Crippen molar-refractivity contribution in [1.29, 1.82) is 0 Å². The SMILES string of the molecule is CC(Oc1ccc(Cl)cc1Cl)C(=O)Nc1ccc(OCCN(C)C)cc1. The van der Waals surface area contributed by atoms with E-state index in [4.69, 9.17) is 32.7 Å². The van der Waals surface area contributed by atoms with Crippen molar-refractivity contribution in [2.24, 2.45) is 0 Å². The van der Waals surface area contributed by atoms with Crippen molar-refractivity contribution in [2.75, 3.05) is 32.6 Å². The summed E-state index contributed by atoms with van der Waals surface area (Å²) in [5.74, 6) is 0.878. The number of rotatable bonds is 8. The molecule has 0 aliphatic rings. The molecule has 0 bridgehead atoms. The van der Waals surface area contributed by atoms with E-state index in [-0.39, 0.29) is 5.91 Å². The van der Waals surface area contributed by atoms with Gasteiger partial charge < -0.3 is 19.7 Å². The number of amides is 1. The van der Waals surface area contributed by atoms with E-state index in [1.165, 1.54) is 0 Å². The Kier molecular flexibility index (Phi) is 7.57.